The van der Waals surface area contributed by atoms with Gasteiger partial charge in [-0.3, -0.25) is 13.8 Å². The van der Waals surface area contributed by atoms with Gasteiger partial charge in [0.05, 0.1) is 4.90 Å². The van der Waals surface area contributed by atoms with Crippen LogP contribution in [0.5, 0.6) is 0 Å². The maximum absolute atomic E-state index is 13.4. The quantitative estimate of drug-likeness (QED) is 0.474. The molecule has 2 heterocycles. The number of thiophene rings is 1. The number of nitrogens with zero attached hydrogens (tertiary/aromatic N) is 2. The molecule has 0 atom stereocenters. The molecule has 0 amide bonds. The van der Waals surface area contributed by atoms with Gasteiger partial charge in [-0.25, -0.2) is 13.2 Å². The maximum Gasteiger partial charge on any atom is 0.439 e. The summed E-state index contributed by atoms with van der Waals surface area (Å²) in [6.45, 7) is 2.44. The highest BCUT2D eigenvalue weighted by Gasteiger charge is 2.26. The largest absolute Gasteiger partial charge is 0.439 e. The van der Waals surface area contributed by atoms with Crippen molar-refractivity contribution >= 4 is 36.4 Å². The SMILES string of the molecule is CCCCN(c1cc2ccccc2s1)S(=O)(=O)c1ccc(-c2noc(=O)[nH]2)cc1. The fraction of sp³-hybridized carbons (Fsp3) is 0.200. The Kier molecular flexibility index (Phi) is 5.25. The Morgan fingerprint density at radius 3 is 2.55 bits per heavy atom. The van der Waals surface area contributed by atoms with Crippen molar-refractivity contribution in [2.24, 2.45) is 0 Å². The van der Waals surface area contributed by atoms with Crippen molar-refractivity contribution in [3.63, 3.8) is 0 Å². The summed E-state index contributed by atoms with van der Waals surface area (Å²) in [5.41, 5.74) is 0.566. The Balaban J connectivity index is 1.71. The van der Waals surface area contributed by atoms with E-state index in [1.54, 1.807) is 12.1 Å². The summed E-state index contributed by atoms with van der Waals surface area (Å²) >= 11 is 1.46. The summed E-state index contributed by atoms with van der Waals surface area (Å²) < 4.78 is 33.8. The predicted molar refractivity (Wildman–Crippen MR) is 114 cm³/mol. The third kappa shape index (κ3) is 3.83. The van der Waals surface area contributed by atoms with Crippen molar-refractivity contribution < 1.29 is 12.9 Å². The summed E-state index contributed by atoms with van der Waals surface area (Å²) in [6, 6.07) is 16.0. The van der Waals surface area contributed by atoms with Crippen LogP contribution in [0.4, 0.5) is 5.00 Å². The van der Waals surface area contributed by atoms with Gasteiger partial charge in [0, 0.05) is 16.8 Å². The van der Waals surface area contributed by atoms with E-state index in [4.69, 9.17) is 0 Å². The molecule has 0 radical (unpaired) electrons. The van der Waals surface area contributed by atoms with Crippen molar-refractivity contribution in [2.75, 3.05) is 10.8 Å². The monoisotopic (exact) mass is 429 g/mol. The van der Waals surface area contributed by atoms with Gasteiger partial charge in [0.2, 0.25) is 0 Å². The van der Waals surface area contributed by atoms with E-state index in [2.05, 4.69) is 14.7 Å². The Labute approximate surface area is 171 Å². The van der Waals surface area contributed by atoms with Crippen molar-refractivity contribution in [1.29, 1.82) is 0 Å². The molecule has 4 aromatic rings. The standard InChI is InChI=1S/C20H19N3O4S2/c1-2-3-12-23(18-13-15-6-4-5-7-17(15)28-18)29(25,26)16-10-8-14(9-11-16)19-21-20(24)27-22-19/h4-11,13H,2-3,12H2,1H3,(H,21,22,24). The Hall–Kier alpha value is -2.91. The first-order valence-corrected chi connectivity index (χ1v) is 11.4. The van der Waals surface area contributed by atoms with Crippen LogP contribution >= 0.6 is 11.3 Å². The maximum atomic E-state index is 13.4. The number of aromatic amines is 1. The summed E-state index contributed by atoms with van der Waals surface area (Å²) in [5.74, 6) is -0.404. The molecular formula is C20H19N3O4S2. The molecule has 29 heavy (non-hydrogen) atoms. The highest BCUT2D eigenvalue weighted by molar-refractivity contribution is 7.93. The summed E-state index contributed by atoms with van der Waals surface area (Å²) in [4.78, 5) is 13.8. The van der Waals surface area contributed by atoms with Gasteiger partial charge < -0.3 is 0 Å². The van der Waals surface area contributed by atoms with Crippen LogP contribution in [0.15, 0.2) is 68.8 Å². The number of aromatic nitrogens is 2. The van der Waals surface area contributed by atoms with E-state index in [0.29, 0.717) is 17.1 Å². The van der Waals surface area contributed by atoms with E-state index in [1.165, 1.54) is 27.8 Å². The number of unbranched alkanes of at least 4 members (excludes halogenated alkanes) is 1. The highest BCUT2D eigenvalue weighted by Crippen LogP contribution is 2.35. The topological polar surface area (TPSA) is 96.3 Å². The minimum absolute atomic E-state index is 0.181. The van der Waals surface area contributed by atoms with Crippen LogP contribution in [-0.2, 0) is 10.0 Å². The smallest absolute Gasteiger partial charge is 0.296 e. The number of sulfonamides is 1. The first kappa shape index (κ1) is 19.4. The first-order chi connectivity index (χ1) is 14.0. The fourth-order valence-corrected chi connectivity index (χ4v) is 5.80. The lowest BCUT2D eigenvalue weighted by atomic mass is 10.2. The second-order valence-electron chi connectivity index (χ2n) is 6.52. The first-order valence-electron chi connectivity index (χ1n) is 9.17. The van der Waals surface area contributed by atoms with Crippen LogP contribution in [0, 0.1) is 0 Å². The van der Waals surface area contributed by atoms with Gasteiger partial charge in [0.15, 0.2) is 5.82 Å². The number of nitrogens with one attached hydrogen (secondary N) is 1. The molecule has 2 aromatic heterocycles. The van der Waals surface area contributed by atoms with Crippen LogP contribution in [0.2, 0.25) is 0 Å². The zero-order valence-corrected chi connectivity index (χ0v) is 17.3. The number of H-pyrrole nitrogens is 1. The van der Waals surface area contributed by atoms with E-state index in [9.17, 15) is 13.2 Å². The summed E-state index contributed by atoms with van der Waals surface area (Å²) in [6.07, 6.45) is 1.64. The molecule has 1 N–H and O–H groups in total. The number of hydrogen-bond acceptors (Lipinski definition) is 6. The minimum atomic E-state index is -3.74. The minimum Gasteiger partial charge on any atom is -0.296 e. The lowest BCUT2D eigenvalue weighted by molar-refractivity contribution is 0.388. The van der Waals surface area contributed by atoms with Gasteiger partial charge in [0.1, 0.15) is 5.00 Å². The third-order valence-corrected chi connectivity index (χ3v) is 7.61. The van der Waals surface area contributed by atoms with Gasteiger partial charge in [-0.15, -0.1) is 11.3 Å². The summed E-state index contributed by atoms with van der Waals surface area (Å²) in [7, 11) is -3.74. The number of hydrogen-bond donors (Lipinski definition) is 1. The molecule has 0 unspecified atom stereocenters. The zero-order chi connectivity index (χ0) is 20.4. The molecule has 0 aliphatic rings. The molecule has 2 aromatic carbocycles. The van der Waals surface area contributed by atoms with Gasteiger partial charge in [0.25, 0.3) is 10.0 Å². The van der Waals surface area contributed by atoms with Crippen molar-refractivity contribution in [3.8, 4) is 11.4 Å². The number of benzene rings is 2. The van der Waals surface area contributed by atoms with E-state index in [-0.39, 0.29) is 10.7 Å². The van der Waals surface area contributed by atoms with Crippen molar-refractivity contribution in [3.05, 3.63) is 65.1 Å². The Bertz CT molecular complexity index is 1250. The van der Waals surface area contributed by atoms with Crippen molar-refractivity contribution in [1.82, 2.24) is 10.1 Å². The molecular weight excluding hydrogens is 410 g/mol. The van der Waals surface area contributed by atoms with Crippen LogP contribution < -0.4 is 10.1 Å². The number of fused-ring (bicyclic) bond motifs is 1. The average Bonchev–Trinajstić information content (AvgIpc) is 3.34. The molecule has 0 saturated heterocycles. The van der Waals surface area contributed by atoms with E-state index in [1.807, 2.05) is 37.3 Å². The lowest BCUT2D eigenvalue weighted by Crippen LogP contribution is -2.31. The lowest BCUT2D eigenvalue weighted by Gasteiger charge is -2.22. The Morgan fingerprint density at radius 2 is 1.90 bits per heavy atom. The molecule has 0 saturated carbocycles. The highest BCUT2D eigenvalue weighted by atomic mass is 32.2. The molecule has 7 nitrogen and oxygen atoms in total. The van der Waals surface area contributed by atoms with Crippen LogP contribution in [0.3, 0.4) is 0 Å². The molecule has 0 aliphatic carbocycles. The molecule has 4 rings (SSSR count). The predicted octanol–water partition coefficient (Wildman–Crippen LogP) is 4.24. The molecule has 9 heteroatoms. The second-order valence-corrected chi connectivity index (χ2v) is 9.45. The van der Waals surface area contributed by atoms with Crippen molar-refractivity contribution in [2.45, 2.75) is 24.7 Å². The fourth-order valence-electron chi connectivity index (χ4n) is 3.01. The van der Waals surface area contributed by atoms with Gasteiger partial charge in [-0.05, 0) is 48.2 Å². The molecule has 0 fully saturated rings. The van der Waals surface area contributed by atoms with E-state index in [0.717, 1.165) is 22.9 Å². The molecule has 0 bridgehead atoms. The van der Waals surface area contributed by atoms with Gasteiger partial charge in [-0.2, -0.15) is 0 Å². The van der Waals surface area contributed by atoms with Gasteiger partial charge in [-0.1, -0.05) is 36.7 Å². The average molecular weight is 430 g/mol. The zero-order valence-electron chi connectivity index (χ0n) is 15.7. The van der Waals surface area contributed by atoms with Crippen LogP contribution in [-0.4, -0.2) is 25.1 Å². The van der Waals surface area contributed by atoms with Crippen LogP contribution in [0.25, 0.3) is 21.5 Å². The normalized spacial score (nSPS) is 11.8. The Morgan fingerprint density at radius 1 is 1.14 bits per heavy atom. The van der Waals surface area contributed by atoms with E-state index >= 15 is 0 Å². The number of anilines is 1. The number of rotatable bonds is 7. The van der Waals surface area contributed by atoms with Crippen LogP contribution in [0.1, 0.15) is 19.8 Å². The molecule has 0 aliphatic heterocycles. The third-order valence-electron chi connectivity index (χ3n) is 4.53. The summed E-state index contributed by atoms with van der Waals surface area (Å²) in [5, 5.41) is 5.35. The molecule has 150 valence electrons. The van der Waals surface area contributed by atoms with E-state index < -0.39 is 15.8 Å². The molecule has 0 spiro atoms. The second kappa shape index (κ2) is 7.84. The van der Waals surface area contributed by atoms with Gasteiger partial charge >= 0.3 is 5.76 Å².